The average molecular weight is 278 g/mol. The van der Waals surface area contributed by atoms with Gasteiger partial charge in [0.1, 0.15) is 4.60 Å². The lowest BCUT2D eigenvalue weighted by Crippen LogP contribution is -2.44. The molecule has 14 heavy (non-hydrogen) atoms. The highest BCUT2D eigenvalue weighted by molar-refractivity contribution is 9.10. The SMILES string of the molecule is Cn1ncc(C(=O)NNC(N)=S)c1Br. The number of nitrogens with two attached hydrogens (primary N) is 1. The molecule has 0 aliphatic rings. The molecule has 1 heterocycles. The molecule has 6 nitrogen and oxygen atoms in total. The van der Waals surface area contributed by atoms with E-state index >= 15 is 0 Å². The van der Waals surface area contributed by atoms with E-state index in [1.54, 1.807) is 7.05 Å². The summed E-state index contributed by atoms with van der Waals surface area (Å²) in [6.45, 7) is 0. The predicted molar refractivity (Wildman–Crippen MR) is 58.3 cm³/mol. The molecule has 0 unspecified atom stereocenters. The average Bonchev–Trinajstić information content (AvgIpc) is 2.44. The van der Waals surface area contributed by atoms with Gasteiger partial charge in [-0.05, 0) is 28.1 Å². The quantitative estimate of drug-likeness (QED) is 0.483. The first-order valence-electron chi connectivity index (χ1n) is 3.55. The monoisotopic (exact) mass is 277 g/mol. The number of hydrogen-bond acceptors (Lipinski definition) is 3. The maximum absolute atomic E-state index is 11.4. The Bertz CT molecular complexity index is 376. The van der Waals surface area contributed by atoms with Crippen LogP contribution in [0.1, 0.15) is 10.4 Å². The third kappa shape index (κ3) is 2.42. The fourth-order valence-electron chi connectivity index (χ4n) is 0.761. The lowest BCUT2D eigenvalue weighted by atomic mass is 10.3. The molecule has 0 bridgehead atoms. The largest absolute Gasteiger partial charge is 0.375 e. The Morgan fingerprint density at radius 3 is 2.79 bits per heavy atom. The Kier molecular flexibility index (Phi) is 3.42. The molecule has 0 aliphatic heterocycles. The first-order valence-corrected chi connectivity index (χ1v) is 4.75. The third-order valence-electron chi connectivity index (χ3n) is 1.41. The molecule has 0 saturated carbocycles. The van der Waals surface area contributed by atoms with Gasteiger partial charge in [-0.1, -0.05) is 0 Å². The molecule has 1 aromatic rings. The lowest BCUT2D eigenvalue weighted by molar-refractivity contribution is 0.0943. The second kappa shape index (κ2) is 4.38. The molecule has 4 N–H and O–H groups in total. The Hall–Kier alpha value is -1.15. The van der Waals surface area contributed by atoms with Crippen LogP contribution >= 0.6 is 28.1 Å². The van der Waals surface area contributed by atoms with E-state index in [0.717, 1.165) is 0 Å². The summed E-state index contributed by atoms with van der Waals surface area (Å²) < 4.78 is 2.11. The Morgan fingerprint density at radius 2 is 2.36 bits per heavy atom. The van der Waals surface area contributed by atoms with Crippen molar-refractivity contribution < 1.29 is 4.79 Å². The number of hydrogen-bond donors (Lipinski definition) is 3. The third-order valence-corrected chi connectivity index (χ3v) is 2.45. The topological polar surface area (TPSA) is 85.0 Å². The van der Waals surface area contributed by atoms with Crippen molar-refractivity contribution in [3.8, 4) is 0 Å². The molecule has 8 heteroatoms. The number of hydrazine groups is 1. The van der Waals surface area contributed by atoms with E-state index in [1.807, 2.05) is 0 Å². The summed E-state index contributed by atoms with van der Waals surface area (Å²) in [7, 11) is 1.71. The summed E-state index contributed by atoms with van der Waals surface area (Å²) in [6, 6.07) is 0. The summed E-state index contributed by atoms with van der Waals surface area (Å²) >= 11 is 7.73. The normalized spacial score (nSPS) is 9.57. The van der Waals surface area contributed by atoms with Crippen molar-refractivity contribution in [2.24, 2.45) is 12.8 Å². The minimum absolute atomic E-state index is 0.00152. The first-order chi connectivity index (χ1) is 6.52. The Morgan fingerprint density at radius 1 is 1.71 bits per heavy atom. The van der Waals surface area contributed by atoms with Gasteiger partial charge in [-0.25, -0.2) is 0 Å². The van der Waals surface area contributed by atoms with Gasteiger partial charge >= 0.3 is 0 Å². The molecule has 0 spiro atoms. The van der Waals surface area contributed by atoms with Gasteiger partial charge in [0.15, 0.2) is 5.11 Å². The van der Waals surface area contributed by atoms with Crippen molar-refractivity contribution in [3.05, 3.63) is 16.4 Å². The zero-order valence-corrected chi connectivity index (χ0v) is 9.65. The molecule has 0 saturated heterocycles. The van der Waals surface area contributed by atoms with Gasteiger partial charge in [0, 0.05) is 7.05 Å². The smallest absolute Gasteiger partial charge is 0.274 e. The summed E-state index contributed by atoms with van der Waals surface area (Å²) in [5.74, 6) is -0.363. The molecule has 76 valence electrons. The summed E-state index contributed by atoms with van der Waals surface area (Å²) in [5.41, 5.74) is 10.2. The van der Waals surface area contributed by atoms with Gasteiger partial charge in [-0.2, -0.15) is 5.10 Å². The van der Waals surface area contributed by atoms with Crippen LogP contribution in [-0.4, -0.2) is 20.8 Å². The molecule has 0 atom stereocenters. The maximum atomic E-state index is 11.4. The Labute approximate surface area is 93.9 Å². The molecule has 1 rings (SSSR count). The number of thiocarbonyl (C=S) groups is 1. The highest BCUT2D eigenvalue weighted by Gasteiger charge is 2.13. The van der Waals surface area contributed by atoms with Crippen LogP contribution in [0.5, 0.6) is 0 Å². The van der Waals surface area contributed by atoms with E-state index < -0.39 is 0 Å². The van der Waals surface area contributed by atoms with Crippen molar-refractivity contribution in [2.75, 3.05) is 0 Å². The fraction of sp³-hybridized carbons (Fsp3) is 0.167. The van der Waals surface area contributed by atoms with E-state index in [0.29, 0.717) is 10.2 Å². The van der Waals surface area contributed by atoms with Crippen LogP contribution in [0, 0.1) is 0 Å². The molecule has 0 fully saturated rings. The lowest BCUT2D eigenvalue weighted by Gasteiger charge is -2.04. The van der Waals surface area contributed by atoms with Gasteiger partial charge in [-0.3, -0.25) is 20.3 Å². The zero-order chi connectivity index (χ0) is 10.7. The molecule has 0 aliphatic carbocycles. The number of nitrogens with zero attached hydrogens (tertiary/aromatic N) is 2. The zero-order valence-electron chi connectivity index (χ0n) is 7.24. The van der Waals surface area contributed by atoms with Gasteiger partial charge in [0.2, 0.25) is 0 Å². The number of carbonyl (C=O) groups excluding carboxylic acids is 1. The van der Waals surface area contributed by atoms with Gasteiger partial charge in [0.25, 0.3) is 5.91 Å². The van der Waals surface area contributed by atoms with Gasteiger partial charge in [0.05, 0.1) is 11.8 Å². The predicted octanol–water partition coefficient (Wildman–Crippen LogP) is -0.339. The molecule has 1 aromatic heterocycles. The summed E-state index contributed by atoms with van der Waals surface area (Å²) in [4.78, 5) is 11.4. The number of aryl methyl sites for hydroxylation is 1. The van der Waals surface area contributed by atoms with E-state index in [1.165, 1.54) is 10.9 Å². The van der Waals surface area contributed by atoms with Crippen molar-refractivity contribution in [3.63, 3.8) is 0 Å². The van der Waals surface area contributed by atoms with Crippen LogP contribution in [0.25, 0.3) is 0 Å². The minimum atomic E-state index is -0.363. The van der Waals surface area contributed by atoms with Crippen molar-refractivity contribution >= 4 is 39.2 Å². The van der Waals surface area contributed by atoms with E-state index in [-0.39, 0.29) is 11.0 Å². The molecular formula is C6H8BrN5OS. The highest BCUT2D eigenvalue weighted by Crippen LogP contribution is 2.13. The second-order valence-electron chi connectivity index (χ2n) is 2.42. The molecule has 1 amide bonds. The summed E-state index contributed by atoms with van der Waals surface area (Å²) in [5, 5.41) is 3.88. The maximum Gasteiger partial charge on any atom is 0.274 e. The number of aromatic nitrogens is 2. The van der Waals surface area contributed by atoms with Crippen LogP contribution in [0.3, 0.4) is 0 Å². The van der Waals surface area contributed by atoms with E-state index in [4.69, 9.17) is 5.73 Å². The number of nitrogens with one attached hydrogen (secondary N) is 2. The highest BCUT2D eigenvalue weighted by atomic mass is 79.9. The van der Waals surface area contributed by atoms with Crippen molar-refractivity contribution in [1.29, 1.82) is 0 Å². The van der Waals surface area contributed by atoms with Crippen LogP contribution in [-0.2, 0) is 7.05 Å². The van der Waals surface area contributed by atoms with Gasteiger partial charge in [-0.15, -0.1) is 0 Å². The van der Waals surface area contributed by atoms with Crippen LogP contribution in [0.4, 0.5) is 0 Å². The van der Waals surface area contributed by atoms with Crippen LogP contribution < -0.4 is 16.6 Å². The van der Waals surface area contributed by atoms with Crippen molar-refractivity contribution in [1.82, 2.24) is 20.6 Å². The Balaban J connectivity index is 2.70. The number of rotatable bonds is 1. The number of amides is 1. The number of carbonyl (C=O) groups is 1. The summed E-state index contributed by atoms with van der Waals surface area (Å²) in [6.07, 6.45) is 1.43. The molecule has 0 aromatic carbocycles. The molecule has 0 radical (unpaired) electrons. The van der Waals surface area contributed by atoms with Gasteiger partial charge < -0.3 is 5.73 Å². The fourth-order valence-corrected chi connectivity index (χ4v) is 1.19. The molecular weight excluding hydrogens is 270 g/mol. The first kappa shape index (κ1) is 10.9. The van der Waals surface area contributed by atoms with Crippen LogP contribution in [0.15, 0.2) is 10.8 Å². The number of halogens is 1. The minimum Gasteiger partial charge on any atom is -0.375 e. The van der Waals surface area contributed by atoms with Crippen LogP contribution in [0.2, 0.25) is 0 Å². The van der Waals surface area contributed by atoms with Crippen molar-refractivity contribution in [2.45, 2.75) is 0 Å². The standard InChI is InChI=1S/C6H8BrN5OS/c1-12-4(7)3(2-9-12)5(13)10-11-6(8)14/h2H,1H3,(H,10,13)(H3,8,11,14). The second-order valence-corrected chi connectivity index (χ2v) is 3.61. The van der Waals surface area contributed by atoms with E-state index in [9.17, 15) is 4.79 Å². The van der Waals surface area contributed by atoms with E-state index in [2.05, 4.69) is 44.1 Å².